The standard InChI is InChI=1S/C7H6ClNO3.K/c8-5-1-2-6(9-3-5)12-4-7(10)11;/h1-3H,4H2,(H,10,11);/q;+1/p-1. The van der Waals surface area contributed by atoms with E-state index >= 15 is 0 Å². The number of aliphatic carboxylic acids is 1. The molecule has 6 heteroatoms. The van der Waals surface area contributed by atoms with Crippen LogP contribution in [0.1, 0.15) is 0 Å². The Morgan fingerprint density at radius 1 is 1.62 bits per heavy atom. The average molecular weight is 226 g/mol. The van der Waals surface area contributed by atoms with E-state index in [1.54, 1.807) is 6.07 Å². The van der Waals surface area contributed by atoms with Crippen molar-refractivity contribution in [3.63, 3.8) is 0 Å². The number of hydrogen-bond donors (Lipinski definition) is 0. The molecule has 4 nitrogen and oxygen atoms in total. The van der Waals surface area contributed by atoms with E-state index in [4.69, 9.17) is 16.3 Å². The number of carboxylic acids is 1. The van der Waals surface area contributed by atoms with Gasteiger partial charge in [0, 0.05) is 12.3 Å². The molecule has 13 heavy (non-hydrogen) atoms. The SMILES string of the molecule is O=C([O-])COc1ccc(Cl)cn1.[K+]. The number of rotatable bonds is 3. The van der Waals surface area contributed by atoms with Gasteiger partial charge in [0.2, 0.25) is 5.88 Å². The van der Waals surface area contributed by atoms with E-state index in [2.05, 4.69) is 4.98 Å². The van der Waals surface area contributed by atoms with Gasteiger partial charge in [-0.05, 0) is 6.07 Å². The molecule has 0 atom stereocenters. The number of hydrogen-bond acceptors (Lipinski definition) is 4. The Labute approximate surface area is 123 Å². The fourth-order valence-corrected chi connectivity index (χ4v) is 0.692. The number of halogens is 1. The Morgan fingerprint density at radius 2 is 2.31 bits per heavy atom. The molecule has 1 rings (SSSR count). The van der Waals surface area contributed by atoms with Gasteiger partial charge in [-0.25, -0.2) is 4.98 Å². The van der Waals surface area contributed by atoms with Gasteiger partial charge in [-0.1, -0.05) is 11.6 Å². The molecule has 0 amide bonds. The second-order valence-electron chi connectivity index (χ2n) is 1.98. The summed E-state index contributed by atoms with van der Waals surface area (Å²) in [5.41, 5.74) is 0. The van der Waals surface area contributed by atoms with Crippen molar-refractivity contribution < 1.29 is 66.0 Å². The van der Waals surface area contributed by atoms with Gasteiger partial charge in [-0.2, -0.15) is 0 Å². The minimum Gasteiger partial charge on any atom is -0.546 e. The van der Waals surface area contributed by atoms with Crippen molar-refractivity contribution in [1.82, 2.24) is 4.98 Å². The van der Waals surface area contributed by atoms with Gasteiger partial charge < -0.3 is 14.6 Å². The van der Waals surface area contributed by atoms with Gasteiger partial charge in [0.15, 0.2) is 0 Å². The summed E-state index contributed by atoms with van der Waals surface area (Å²) in [4.78, 5) is 13.7. The van der Waals surface area contributed by atoms with Crippen LogP contribution in [0, 0.1) is 0 Å². The molecule has 0 bridgehead atoms. The van der Waals surface area contributed by atoms with Crippen LogP contribution in [0.4, 0.5) is 0 Å². The van der Waals surface area contributed by atoms with E-state index in [0.29, 0.717) is 5.02 Å². The van der Waals surface area contributed by atoms with Crippen molar-refractivity contribution in [1.29, 1.82) is 0 Å². The van der Waals surface area contributed by atoms with Gasteiger partial charge in [-0.3, -0.25) is 0 Å². The number of nitrogens with zero attached hydrogens (tertiary/aromatic N) is 1. The topological polar surface area (TPSA) is 62.2 Å². The van der Waals surface area contributed by atoms with Crippen molar-refractivity contribution in [3.8, 4) is 5.88 Å². The molecule has 1 aromatic rings. The summed E-state index contributed by atoms with van der Waals surface area (Å²) in [5, 5.41) is 10.4. The number of carbonyl (C=O) groups is 1. The summed E-state index contributed by atoms with van der Waals surface area (Å²) in [6.07, 6.45) is 1.37. The first kappa shape index (κ1) is 13.3. The van der Waals surface area contributed by atoms with Crippen molar-refractivity contribution >= 4 is 17.6 Å². The van der Waals surface area contributed by atoms with E-state index in [9.17, 15) is 9.90 Å². The van der Waals surface area contributed by atoms with E-state index in [1.807, 2.05) is 0 Å². The fraction of sp³-hybridized carbons (Fsp3) is 0.143. The van der Waals surface area contributed by atoms with Gasteiger partial charge in [0.25, 0.3) is 0 Å². The van der Waals surface area contributed by atoms with Gasteiger partial charge in [-0.15, -0.1) is 0 Å². The van der Waals surface area contributed by atoms with Crippen LogP contribution in [-0.2, 0) is 4.79 Å². The molecule has 0 saturated heterocycles. The number of carbonyl (C=O) groups excluding carboxylic acids is 1. The molecular weight excluding hydrogens is 221 g/mol. The Balaban J connectivity index is 0.00000144. The van der Waals surface area contributed by atoms with Crippen LogP contribution in [-0.4, -0.2) is 17.6 Å². The molecule has 0 aliphatic heterocycles. The van der Waals surface area contributed by atoms with Crippen LogP contribution < -0.4 is 61.2 Å². The summed E-state index contributed by atoms with van der Waals surface area (Å²) >= 11 is 5.53. The van der Waals surface area contributed by atoms with Crippen LogP contribution >= 0.6 is 11.6 Å². The quantitative estimate of drug-likeness (QED) is 0.511. The van der Waals surface area contributed by atoms with Gasteiger partial charge >= 0.3 is 51.4 Å². The minimum absolute atomic E-state index is 0. The summed E-state index contributed by atoms with van der Waals surface area (Å²) < 4.78 is 4.69. The van der Waals surface area contributed by atoms with Gasteiger partial charge in [0.1, 0.15) is 6.61 Å². The fourth-order valence-electron chi connectivity index (χ4n) is 0.580. The molecule has 0 unspecified atom stereocenters. The predicted molar refractivity (Wildman–Crippen MR) is 39.7 cm³/mol. The second kappa shape index (κ2) is 6.75. The zero-order valence-corrected chi connectivity index (χ0v) is 10.9. The van der Waals surface area contributed by atoms with Crippen molar-refractivity contribution in [2.45, 2.75) is 0 Å². The third kappa shape index (κ3) is 5.61. The first-order valence-corrected chi connectivity index (χ1v) is 3.50. The second-order valence-corrected chi connectivity index (χ2v) is 2.41. The van der Waals surface area contributed by atoms with E-state index in [1.165, 1.54) is 12.3 Å². The summed E-state index contributed by atoms with van der Waals surface area (Å²) in [6, 6.07) is 3.03. The molecule has 0 aliphatic rings. The number of pyridine rings is 1. The molecule has 0 aliphatic carbocycles. The zero-order valence-electron chi connectivity index (χ0n) is 6.99. The van der Waals surface area contributed by atoms with Gasteiger partial charge in [0.05, 0.1) is 11.0 Å². The van der Waals surface area contributed by atoms with Crippen molar-refractivity contribution in [3.05, 3.63) is 23.4 Å². The van der Waals surface area contributed by atoms with E-state index < -0.39 is 12.6 Å². The third-order valence-electron chi connectivity index (χ3n) is 1.04. The monoisotopic (exact) mass is 225 g/mol. The molecule has 1 aromatic heterocycles. The average Bonchev–Trinajstić information content (AvgIpc) is 2.03. The maximum atomic E-state index is 9.95. The molecule has 64 valence electrons. The molecule has 0 radical (unpaired) electrons. The van der Waals surface area contributed by atoms with Crippen LogP contribution in [0.5, 0.6) is 5.88 Å². The zero-order chi connectivity index (χ0) is 8.97. The molecule has 1 heterocycles. The Morgan fingerprint density at radius 3 is 2.77 bits per heavy atom. The van der Waals surface area contributed by atoms with Crippen LogP contribution in [0.3, 0.4) is 0 Å². The summed E-state index contributed by atoms with van der Waals surface area (Å²) in [6.45, 7) is -0.505. The molecule has 0 aromatic carbocycles. The molecule has 0 N–H and O–H groups in total. The Kier molecular flexibility index (Phi) is 6.93. The molecule has 0 saturated carbocycles. The molecule has 0 fully saturated rings. The minimum atomic E-state index is -1.29. The van der Waals surface area contributed by atoms with Crippen molar-refractivity contribution in [2.24, 2.45) is 0 Å². The number of ether oxygens (including phenoxy) is 1. The Hall–Kier alpha value is 0.346. The van der Waals surface area contributed by atoms with E-state index in [0.717, 1.165) is 0 Å². The van der Waals surface area contributed by atoms with E-state index in [-0.39, 0.29) is 57.3 Å². The maximum absolute atomic E-state index is 9.95. The first-order valence-electron chi connectivity index (χ1n) is 3.12. The summed E-state index contributed by atoms with van der Waals surface area (Å²) in [5.74, 6) is -1.07. The first-order chi connectivity index (χ1) is 5.68. The van der Waals surface area contributed by atoms with Crippen molar-refractivity contribution in [2.75, 3.05) is 6.61 Å². The summed E-state index contributed by atoms with van der Waals surface area (Å²) in [7, 11) is 0. The molecule has 0 spiro atoms. The third-order valence-corrected chi connectivity index (χ3v) is 1.26. The molecular formula is C7H5ClKNO3. The predicted octanol–water partition coefficient (Wildman–Crippen LogP) is -3.13. The largest absolute Gasteiger partial charge is 1.00 e. The van der Waals surface area contributed by atoms with Crippen LogP contribution in [0.25, 0.3) is 0 Å². The smallest absolute Gasteiger partial charge is 0.546 e. The normalized spacial score (nSPS) is 8.69. The number of aromatic nitrogens is 1. The maximum Gasteiger partial charge on any atom is 1.00 e. The van der Waals surface area contributed by atoms with Crippen LogP contribution in [0.2, 0.25) is 5.02 Å². The van der Waals surface area contributed by atoms with Crippen LogP contribution in [0.15, 0.2) is 18.3 Å². The Bertz CT molecular complexity index is 278. The number of carboxylic acid groups (broad SMARTS) is 1.